The molecular weight excluding hydrogens is 1070 g/mol. The highest BCUT2D eigenvalue weighted by molar-refractivity contribution is 6.01. The summed E-state index contributed by atoms with van der Waals surface area (Å²) in [7, 11) is 2.48. The van der Waals surface area contributed by atoms with Gasteiger partial charge in [-0.2, -0.15) is 65.9 Å². The highest BCUT2D eigenvalue weighted by atomic mass is 19.4. The van der Waals surface area contributed by atoms with E-state index < -0.39 is 123 Å². The Morgan fingerprint density at radius 3 is 1.28 bits per heavy atom. The number of amides is 1. The van der Waals surface area contributed by atoms with Crippen molar-refractivity contribution in [1.29, 1.82) is 0 Å². The van der Waals surface area contributed by atoms with Crippen LogP contribution in [0.5, 0.6) is 0 Å². The number of carbonyl (C=O) groups excluding carboxylic acids is 3. The fraction of sp³-hybridized carbons (Fsp3) is 0.467. The molecule has 426 valence electrons. The molecule has 0 aromatic heterocycles. The Balaban J connectivity index is 0. The standard InChI is InChI=1S/C12H11F4NO2.C12H10F4O2.C10H15F3O3.C8H12F3NO3.C3H3F3O/c1-2-11(12(14,15)16)19-7-10(17-18)8-5-3-4-6-9(8)13;1-2-11(12(14,15)16)18-7-10(17)8-5-3-4-6-9(8)13;1-5-7(10(11,12)13)15-6-8(14)16-9(2,3)4;1-4-6(8(9,10)11)15-5-7(13)12(2)14-3;4-3(5,6)2-1-7-2/h2-6,11,18H,1,7H2;2-6,11H,1,7H2;5,7H,1,6H2,2-4H3;4,6H,1,5H2,2-3H3;2H,1H2/t2*11-;7-;6-;2-/m00000/s1. The zero-order chi connectivity index (χ0) is 58.8. The molecule has 0 bridgehead atoms. The number of hydrogen-bond donors (Lipinski definition) is 1. The van der Waals surface area contributed by atoms with Crippen LogP contribution in [0.1, 0.15) is 36.7 Å². The summed E-state index contributed by atoms with van der Waals surface area (Å²) < 4.78 is 233. The Bertz CT molecular complexity index is 2120. The van der Waals surface area contributed by atoms with E-state index in [0.717, 1.165) is 17.2 Å². The zero-order valence-electron chi connectivity index (χ0n) is 40.0. The van der Waals surface area contributed by atoms with E-state index in [1.54, 1.807) is 20.8 Å². The van der Waals surface area contributed by atoms with Gasteiger partial charge in [-0.1, -0.05) is 53.7 Å². The largest absolute Gasteiger partial charge is 0.458 e. The maximum Gasteiger partial charge on any atom is 0.418 e. The van der Waals surface area contributed by atoms with Gasteiger partial charge in [0.2, 0.25) is 0 Å². The maximum atomic E-state index is 13.4. The summed E-state index contributed by atoms with van der Waals surface area (Å²) >= 11 is 0. The van der Waals surface area contributed by atoms with E-state index in [0.29, 0.717) is 24.3 Å². The molecule has 1 fully saturated rings. The minimum absolute atomic E-state index is 0.130. The first-order valence-electron chi connectivity index (χ1n) is 20.4. The first-order chi connectivity index (χ1) is 34.2. The van der Waals surface area contributed by atoms with Crippen molar-refractivity contribution >= 4 is 23.4 Å². The van der Waals surface area contributed by atoms with E-state index in [-0.39, 0.29) is 23.4 Å². The summed E-state index contributed by atoms with van der Waals surface area (Å²) in [6.07, 6.45) is -30.4. The van der Waals surface area contributed by atoms with Gasteiger partial charge >= 0.3 is 36.9 Å². The lowest BCUT2D eigenvalue weighted by Crippen LogP contribution is -2.35. The van der Waals surface area contributed by atoms with Crippen LogP contribution >= 0.6 is 0 Å². The van der Waals surface area contributed by atoms with Crippen molar-refractivity contribution in [2.75, 3.05) is 47.2 Å². The number of alkyl halides is 15. The van der Waals surface area contributed by atoms with E-state index in [1.807, 2.05) is 0 Å². The smallest absolute Gasteiger partial charge is 0.418 e. The van der Waals surface area contributed by atoms with Gasteiger partial charge in [0.1, 0.15) is 42.8 Å². The third kappa shape index (κ3) is 30.9. The molecule has 5 atom stereocenters. The first kappa shape index (κ1) is 71.1. The number of oxime groups is 1. The number of epoxide rings is 1. The molecule has 1 saturated heterocycles. The van der Waals surface area contributed by atoms with Crippen LogP contribution < -0.4 is 0 Å². The van der Waals surface area contributed by atoms with Gasteiger partial charge in [0.25, 0.3) is 5.91 Å². The fourth-order valence-electron chi connectivity index (χ4n) is 4.26. The molecule has 1 aliphatic heterocycles. The monoisotopic (exact) mass is 1120 g/mol. The summed E-state index contributed by atoms with van der Waals surface area (Å²) in [6, 6.07) is 10.2. The van der Waals surface area contributed by atoms with Gasteiger partial charge in [0.15, 0.2) is 36.3 Å². The highest BCUT2D eigenvalue weighted by Crippen LogP contribution is 2.31. The average Bonchev–Trinajstić information content (AvgIpc) is 4.14. The summed E-state index contributed by atoms with van der Waals surface area (Å²) in [5.41, 5.74) is -1.52. The van der Waals surface area contributed by atoms with Crippen molar-refractivity contribution in [3.05, 3.63) is 122 Å². The number of nitrogens with zero attached hydrogens (tertiary/aromatic N) is 2. The maximum absolute atomic E-state index is 13.4. The van der Waals surface area contributed by atoms with Crippen molar-refractivity contribution < 1.29 is 127 Å². The Hall–Kier alpha value is -5.95. The van der Waals surface area contributed by atoms with E-state index in [4.69, 9.17) is 9.94 Å². The number of hydroxylamine groups is 2. The molecule has 2 aromatic rings. The predicted octanol–water partition coefficient (Wildman–Crippen LogP) is 10.8. The number of esters is 1. The van der Waals surface area contributed by atoms with Gasteiger partial charge in [-0.05, 0) is 45.0 Å². The number of carbonyl (C=O) groups is 3. The van der Waals surface area contributed by atoms with Crippen LogP contribution in [-0.2, 0) is 42.8 Å². The molecule has 1 amide bonds. The van der Waals surface area contributed by atoms with Crippen molar-refractivity contribution in [2.24, 2.45) is 5.16 Å². The lowest BCUT2D eigenvalue weighted by molar-refractivity contribution is -0.211. The van der Waals surface area contributed by atoms with Crippen LogP contribution in [0.15, 0.2) is 104 Å². The number of ketones is 1. The fourth-order valence-corrected chi connectivity index (χ4v) is 4.26. The number of ether oxygens (including phenoxy) is 6. The van der Waals surface area contributed by atoms with E-state index in [1.165, 1.54) is 50.6 Å². The second kappa shape index (κ2) is 32.5. The first-order valence-corrected chi connectivity index (χ1v) is 20.4. The minimum atomic E-state index is -4.64. The van der Waals surface area contributed by atoms with Crippen LogP contribution in [-0.4, -0.2) is 148 Å². The number of halogens is 17. The van der Waals surface area contributed by atoms with Gasteiger partial charge in [0.05, 0.1) is 25.9 Å². The lowest BCUT2D eigenvalue weighted by atomic mass is 10.1. The summed E-state index contributed by atoms with van der Waals surface area (Å²) in [5, 5.41) is 12.3. The zero-order valence-corrected chi connectivity index (χ0v) is 40.0. The highest BCUT2D eigenvalue weighted by Gasteiger charge is 2.49. The summed E-state index contributed by atoms with van der Waals surface area (Å²) in [5.74, 6) is -3.93. The van der Waals surface area contributed by atoms with Crippen LogP contribution in [0.25, 0.3) is 0 Å². The van der Waals surface area contributed by atoms with Gasteiger partial charge in [-0.3, -0.25) is 14.4 Å². The summed E-state index contributed by atoms with van der Waals surface area (Å²) in [4.78, 5) is 38.0. The lowest BCUT2D eigenvalue weighted by Gasteiger charge is -2.21. The van der Waals surface area contributed by atoms with Crippen LogP contribution in [0.4, 0.5) is 74.6 Å². The molecule has 13 nitrogen and oxygen atoms in total. The molecule has 2 aromatic carbocycles. The third-order valence-electron chi connectivity index (χ3n) is 7.93. The molecule has 0 aliphatic carbocycles. The molecule has 1 heterocycles. The number of rotatable bonds is 19. The molecular formula is C45H51F17N2O11. The second-order valence-corrected chi connectivity index (χ2v) is 15.0. The average molecular weight is 1120 g/mol. The van der Waals surface area contributed by atoms with E-state index >= 15 is 0 Å². The number of likely N-dealkylation sites (N-methyl/N-ethyl adjacent to an activating group) is 1. The molecule has 0 unspecified atom stereocenters. The molecule has 30 heteroatoms. The number of hydrogen-bond acceptors (Lipinski definition) is 12. The Morgan fingerprint density at radius 1 is 0.640 bits per heavy atom. The van der Waals surface area contributed by atoms with Crippen LogP contribution in [0.3, 0.4) is 0 Å². The molecule has 1 aliphatic rings. The minimum Gasteiger partial charge on any atom is -0.458 e. The molecule has 0 radical (unpaired) electrons. The van der Waals surface area contributed by atoms with Crippen molar-refractivity contribution in [2.45, 2.75) is 87.8 Å². The quantitative estimate of drug-likeness (QED) is 0.0209. The van der Waals surface area contributed by atoms with Crippen molar-refractivity contribution in [3.63, 3.8) is 0 Å². The molecule has 0 spiro atoms. The summed E-state index contributed by atoms with van der Waals surface area (Å²) in [6.45, 7) is 13.6. The Kier molecular flexibility index (Phi) is 30.8. The van der Waals surface area contributed by atoms with Gasteiger partial charge in [-0.25, -0.2) is 18.6 Å². The van der Waals surface area contributed by atoms with Gasteiger partial charge < -0.3 is 33.6 Å². The molecule has 0 saturated carbocycles. The number of benzene rings is 2. The van der Waals surface area contributed by atoms with Crippen molar-refractivity contribution in [3.8, 4) is 0 Å². The Labute approximate surface area is 417 Å². The molecule has 1 N–H and O–H groups in total. The molecule has 75 heavy (non-hydrogen) atoms. The predicted molar refractivity (Wildman–Crippen MR) is 231 cm³/mol. The topological polar surface area (TPSA) is 155 Å². The SMILES string of the molecule is C=C[C@H](OCC(=NO)c1ccccc1F)C(F)(F)F.C=C[C@H](OCC(=O)N(C)OC)C(F)(F)F.C=C[C@H](OCC(=O)OC(C)(C)C)C(F)(F)F.C=C[C@H](OCC(=O)c1ccccc1F)C(F)(F)F.FC(F)(F)[C@@H]1CO1. The third-order valence-corrected chi connectivity index (χ3v) is 7.93. The van der Waals surface area contributed by atoms with E-state index in [2.05, 4.69) is 60.0 Å². The number of Topliss-reactive ketones (excluding diaryl/α,β-unsaturated/α-hetero) is 1. The van der Waals surface area contributed by atoms with E-state index in [9.17, 15) is 89.0 Å². The van der Waals surface area contributed by atoms with Gasteiger partial charge in [0, 0.05) is 12.6 Å². The second-order valence-electron chi connectivity index (χ2n) is 15.0. The normalized spacial score (nSPS) is 15.3. The molecule has 3 rings (SSSR count). The Morgan fingerprint density at radius 2 is 0.987 bits per heavy atom. The van der Waals surface area contributed by atoms with Crippen LogP contribution in [0.2, 0.25) is 0 Å². The van der Waals surface area contributed by atoms with Crippen LogP contribution in [0, 0.1) is 11.6 Å². The van der Waals surface area contributed by atoms with Crippen molar-refractivity contribution in [1.82, 2.24) is 5.06 Å². The van der Waals surface area contributed by atoms with Gasteiger partial charge in [-0.15, -0.1) is 26.3 Å².